The zero-order chi connectivity index (χ0) is 16.4. The summed E-state index contributed by atoms with van der Waals surface area (Å²) < 4.78 is 23.1. The van der Waals surface area contributed by atoms with E-state index in [1.54, 1.807) is 6.92 Å². The minimum Gasteiger partial charge on any atom is -0.347 e. The van der Waals surface area contributed by atoms with E-state index in [1.807, 2.05) is 20.8 Å². The molecule has 0 unspecified atom stereocenters. The van der Waals surface area contributed by atoms with Gasteiger partial charge in [-0.2, -0.15) is 0 Å². The Bertz CT molecular complexity index is 654. The standard InChI is InChI=1S/C14H19Cl2NO3S/c1-5-6-14(3,4)17-13(18)10-7-11(15)9(2)12(8-10)21(16,19)20/h7-8H,5-6H2,1-4H3,(H,17,18). The summed E-state index contributed by atoms with van der Waals surface area (Å²) in [5.41, 5.74) is 0.119. The first kappa shape index (κ1) is 18.3. The number of rotatable bonds is 5. The lowest BCUT2D eigenvalue weighted by Gasteiger charge is -2.26. The highest BCUT2D eigenvalue weighted by Crippen LogP contribution is 2.28. The van der Waals surface area contributed by atoms with Crippen molar-refractivity contribution in [1.82, 2.24) is 5.32 Å². The fourth-order valence-electron chi connectivity index (χ4n) is 2.10. The molecule has 4 nitrogen and oxygen atoms in total. The van der Waals surface area contributed by atoms with Crippen molar-refractivity contribution >= 4 is 37.2 Å². The van der Waals surface area contributed by atoms with Gasteiger partial charge < -0.3 is 5.32 Å². The largest absolute Gasteiger partial charge is 0.347 e. The fourth-order valence-corrected chi connectivity index (χ4v) is 3.60. The van der Waals surface area contributed by atoms with Gasteiger partial charge >= 0.3 is 0 Å². The SMILES string of the molecule is CCCC(C)(C)NC(=O)c1cc(Cl)c(C)c(S(=O)(=O)Cl)c1. The third-order valence-corrected chi connectivity index (χ3v) is 4.99. The van der Waals surface area contributed by atoms with Crippen LogP contribution >= 0.6 is 22.3 Å². The molecule has 7 heteroatoms. The smallest absolute Gasteiger partial charge is 0.261 e. The molecule has 0 aliphatic heterocycles. The molecule has 1 rings (SSSR count). The molecular formula is C14H19Cl2NO3S. The van der Waals surface area contributed by atoms with E-state index in [0.29, 0.717) is 5.56 Å². The van der Waals surface area contributed by atoms with Crippen LogP contribution in [0, 0.1) is 6.92 Å². The van der Waals surface area contributed by atoms with Crippen LogP contribution in [0.2, 0.25) is 5.02 Å². The summed E-state index contributed by atoms with van der Waals surface area (Å²) in [7, 11) is 1.42. The van der Waals surface area contributed by atoms with Crippen LogP contribution in [0.4, 0.5) is 0 Å². The molecule has 0 saturated heterocycles. The molecule has 1 amide bonds. The number of hydrogen-bond donors (Lipinski definition) is 1. The molecule has 0 aliphatic rings. The van der Waals surface area contributed by atoms with E-state index < -0.39 is 9.05 Å². The van der Waals surface area contributed by atoms with Crippen LogP contribution in [-0.4, -0.2) is 19.9 Å². The summed E-state index contributed by atoms with van der Waals surface area (Å²) in [6, 6.07) is 2.70. The van der Waals surface area contributed by atoms with Gasteiger partial charge in [0.25, 0.3) is 15.0 Å². The predicted molar refractivity (Wildman–Crippen MR) is 85.7 cm³/mol. The van der Waals surface area contributed by atoms with Crippen molar-refractivity contribution in [3.05, 3.63) is 28.3 Å². The zero-order valence-corrected chi connectivity index (χ0v) is 14.8. The second-order valence-electron chi connectivity index (χ2n) is 5.61. The quantitative estimate of drug-likeness (QED) is 0.818. The van der Waals surface area contributed by atoms with Gasteiger partial charge in [0.15, 0.2) is 0 Å². The van der Waals surface area contributed by atoms with E-state index in [1.165, 1.54) is 12.1 Å². The summed E-state index contributed by atoms with van der Waals surface area (Å²) in [6.45, 7) is 7.38. The molecule has 21 heavy (non-hydrogen) atoms. The Kier molecular flexibility index (Phi) is 5.69. The lowest BCUT2D eigenvalue weighted by molar-refractivity contribution is 0.0909. The van der Waals surface area contributed by atoms with E-state index >= 15 is 0 Å². The second-order valence-corrected chi connectivity index (χ2v) is 8.55. The maximum absolute atomic E-state index is 12.3. The molecule has 0 bridgehead atoms. The van der Waals surface area contributed by atoms with Crippen LogP contribution in [0.1, 0.15) is 49.5 Å². The molecule has 0 fully saturated rings. The van der Waals surface area contributed by atoms with E-state index in [-0.39, 0.29) is 26.9 Å². The van der Waals surface area contributed by atoms with Gasteiger partial charge in [0.05, 0.1) is 4.90 Å². The Morgan fingerprint density at radius 1 is 1.33 bits per heavy atom. The molecule has 1 aromatic rings. The van der Waals surface area contributed by atoms with Crippen molar-refractivity contribution in [3.63, 3.8) is 0 Å². The van der Waals surface area contributed by atoms with E-state index in [9.17, 15) is 13.2 Å². The fraction of sp³-hybridized carbons (Fsp3) is 0.500. The molecule has 118 valence electrons. The molecule has 1 aromatic carbocycles. The van der Waals surface area contributed by atoms with Gasteiger partial charge in [0.1, 0.15) is 0 Å². The summed E-state index contributed by atoms with van der Waals surface area (Å²) in [5, 5.41) is 3.05. The lowest BCUT2D eigenvalue weighted by atomic mass is 9.98. The molecule has 0 aromatic heterocycles. The Morgan fingerprint density at radius 3 is 2.38 bits per heavy atom. The molecule has 0 atom stereocenters. The summed E-state index contributed by atoms with van der Waals surface area (Å²) >= 11 is 6.00. The van der Waals surface area contributed by atoms with Crippen LogP contribution in [0.3, 0.4) is 0 Å². The highest BCUT2D eigenvalue weighted by molar-refractivity contribution is 8.13. The van der Waals surface area contributed by atoms with Gasteiger partial charge in [0, 0.05) is 26.8 Å². The van der Waals surface area contributed by atoms with Gasteiger partial charge in [-0.15, -0.1) is 0 Å². The number of carbonyl (C=O) groups excluding carboxylic acids is 1. The van der Waals surface area contributed by atoms with Gasteiger partial charge in [-0.3, -0.25) is 4.79 Å². The third-order valence-electron chi connectivity index (χ3n) is 3.15. The van der Waals surface area contributed by atoms with Crippen LogP contribution in [0.25, 0.3) is 0 Å². The van der Waals surface area contributed by atoms with Gasteiger partial charge in [-0.25, -0.2) is 8.42 Å². The van der Waals surface area contributed by atoms with Gasteiger partial charge in [0.2, 0.25) is 0 Å². The summed E-state index contributed by atoms with van der Waals surface area (Å²) in [4.78, 5) is 12.1. The third kappa shape index (κ3) is 4.87. The van der Waals surface area contributed by atoms with Gasteiger partial charge in [-0.05, 0) is 44.9 Å². The highest BCUT2D eigenvalue weighted by atomic mass is 35.7. The first-order chi connectivity index (χ1) is 9.48. The maximum atomic E-state index is 12.3. The minimum atomic E-state index is -3.96. The second kappa shape index (κ2) is 6.55. The van der Waals surface area contributed by atoms with Crippen LogP contribution in [-0.2, 0) is 9.05 Å². The Hall–Kier alpha value is -0.780. The predicted octanol–water partition coefficient (Wildman–Crippen LogP) is 3.88. The number of hydrogen-bond acceptors (Lipinski definition) is 3. The van der Waals surface area contributed by atoms with Crippen LogP contribution < -0.4 is 5.32 Å². The first-order valence-corrected chi connectivity index (χ1v) is 9.24. The molecular weight excluding hydrogens is 333 g/mol. The molecule has 0 heterocycles. The van der Waals surface area contributed by atoms with Crippen molar-refractivity contribution in [3.8, 4) is 0 Å². The Labute approximate surface area is 135 Å². The number of amides is 1. The van der Waals surface area contributed by atoms with Crippen molar-refractivity contribution < 1.29 is 13.2 Å². The van der Waals surface area contributed by atoms with Crippen LogP contribution in [0.15, 0.2) is 17.0 Å². The average molecular weight is 352 g/mol. The lowest BCUT2D eigenvalue weighted by Crippen LogP contribution is -2.43. The molecule has 0 spiro atoms. The van der Waals surface area contributed by atoms with Crippen molar-refractivity contribution in [2.24, 2.45) is 0 Å². The van der Waals surface area contributed by atoms with Crippen molar-refractivity contribution in [2.45, 2.75) is 51.0 Å². The highest BCUT2D eigenvalue weighted by Gasteiger charge is 2.23. The van der Waals surface area contributed by atoms with Crippen LogP contribution in [0.5, 0.6) is 0 Å². The maximum Gasteiger partial charge on any atom is 0.261 e. The van der Waals surface area contributed by atoms with Crippen molar-refractivity contribution in [1.29, 1.82) is 0 Å². The van der Waals surface area contributed by atoms with E-state index in [0.717, 1.165) is 12.8 Å². The summed E-state index contributed by atoms with van der Waals surface area (Å²) in [6.07, 6.45) is 1.72. The monoisotopic (exact) mass is 351 g/mol. The number of halogens is 2. The first-order valence-electron chi connectivity index (χ1n) is 6.55. The minimum absolute atomic E-state index is 0.143. The van der Waals surface area contributed by atoms with E-state index in [2.05, 4.69) is 5.32 Å². The Balaban J connectivity index is 3.21. The topological polar surface area (TPSA) is 63.2 Å². The number of benzene rings is 1. The van der Waals surface area contributed by atoms with Gasteiger partial charge in [-0.1, -0.05) is 24.9 Å². The molecule has 0 radical (unpaired) electrons. The molecule has 0 aliphatic carbocycles. The Morgan fingerprint density at radius 2 is 1.90 bits per heavy atom. The van der Waals surface area contributed by atoms with Crippen molar-refractivity contribution in [2.75, 3.05) is 0 Å². The zero-order valence-electron chi connectivity index (χ0n) is 12.5. The normalized spacial score (nSPS) is 12.3. The molecule has 0 saturated carbocycles. The number of nitrogens with one attached hydrogen (secondary N) is 1. The average Bonchev–Trinajstić information content (AvgIpc) is 2.29. The number of carbonyl (C=O) groups is 1. The summed E-state index contributed by atoms with van der Waals surface area (Å²) in [5.74, 6) is -0.378. The van der Waals surface area contributed by atoms with E-state index in [4.69, 9.17) is 22.3 Å². The molecule has 1 N–H and O–H groups in total.